The Morgan fingerprint density at radius 3 is 3.09 bits per heavy atom. The van der Waals surface area contributed by atoms with Gasteiger partial charge in [-0.3, -0.25) is 14.6 Å². The van der Waals surface area contributed by atoms with Crippen LogP contribution < -0.4 is 5.32 Å². The Hall–Kier alpha value is -1.95. The molecule has 118 valence electrons. The number of carbonyl (C=O) groups excluding carboxylic acids is 2. The fourth-order valence-electron chi connectivity index (χ4n) is 2.98. The highest BCUT2D eigenvalue weighted by atomic mass is 16.5. The molecule has 2 unspecified atom stereocenters. The van der Waals surface area contributed by atoms with Crippen molar-refractivity contribution in [2.24, 2.45) is 5.92 Å². The zero-order valence-electron chi connectivity index (χ0n) is 12.5. The van der Waals surface area contributed by atoms with Crippen molar-refractivity contribution >= 4 is 11.8 Å². The van der Waals surface area contributed by atoms with Crippen LogP contribution in [0, 0.1) is 5.92 Å². The summed E-state index contributed by atoms with van der Waals surface area (Å²) < 4.78 is 5.56. The number of nitrogens with one attached hydrogen (secondary N) is 1. The van der Waals surface area contributed by atoms with E-state index in [-0.39, 0.29) is 23.8 Å². The highest BCUT2D eigenvalue weighted by Crippen LogP contribution is 2.21. The minimum absolute atomic E-state index is 0.0495. The fraction of sp³-hybridized carbons (Fsp3) is 0.562. The van der Waals surface area contributed by atoms with Crippen LogP contribution in [-0.2, 0) is 20.9 Å². The van der Waals surface area contributed by atoms with Crippen LogP contribution in [0.15, 0.2) is 24.4 Å². The van der Waals surface area contributed by atoms with Crippen molar-refractivity contribution < 1.29 is 14.3 Å². The fourth-order valence-corrected chi connectivity index (χ4v) is 2.98. The second-order valence-corrected chi connectivity index (χ2v) is 5.87. The predicted molar refractivity (Wildman–Crippen MR) is 79.7 cm³/mol. The first-order valence-corrected chi connectivity index (χ1v) is 7.79. The molecule has 2 aliphatic heterocycles. The molecule has 3 heterocycles. The van der Waals surface area contributed by atoms with E-state index in [0.717, 1.165) is 25.1 Å². The first-order chi connectivity index (χ1) is 10.7. The number of hydrogen-bond acceptors (Lipinski definition) is 4. The molecule has 3 rings (SSSR count). The van der Waals surface area contributed by atoms with Crippen molar-refractivity contribution in [1.29, 1.82) is 0 Å². The predicted octanol–water partition coefficient (Wildman–Crippen LogP) is 0.725. The monoisotopic (exact) mass is 303 g/mol. The van der Waals surface area contributed by atoms with Crippen molar-refractivity contribution in [1.82, 2.24) is 15.2 Å². The molecule has 2 atom stereocenters. The maximum atomic E-state index is 12.2. The highest BCUT2D eigenvalue weighted by molar-refractivity contribution is 5.89. The Morgan fingerprint density at radius 1 is 1.45 bits per heavy atom. The lowest BCUT2D eigenvalue weighted by atomic mass is 10.1. The number of likely N-dealkylation sites (tertiary alicyclic amines) is 1. The maximum Gasteiger partial charge on any atom is 0.225 e. The van der Waals surface area contributed by atoms with Crippen molar-refractivity contribution in [3.63, 3.8) is 0 Å². The van der Waals surface area contributed by atoms with Gasteiger partial charge in [0, 0.05) is 32.3 Å². The van der Waals surface area contributed by atoms with Gasteiger partial charge in [-0.05, 0) is 25.0 Å². The molecular formula is C16H21N3O3. The molecule has 1 N–H and O–H groups in total. The zero-order chi connectivity index (χ0) is 15.4. The van der Waals surface area contributed by atoms with E-state index in [1.807, 2.05) is 18.2 Å². The molecule has 1 aromatic rings. The van der Waals surface area contributed by atoms with Crippen molar-refractivity contribution in [3.05, 3.63) is 30.1 Å². The van der Waals surface area contributed by atoms with Crippen molar-refractivity contribution in [2.75, 3.05) is 19.7 Å². The minimum Gasteiger partial charge on any atom is -0.376 e. The SMILES string of the molecule is O=C(NCc1ccccn1)C1CC(=O)N(CC2CCCO2)C1. The summed E-state index contributed by atoms with van der Waals surface area (Å²) in [6.07, 6.45) is 4.19. The highest BCUT2D eigenvalue weighted by Gasteiger charge is 2.35. The second kappa shape index (κ2) is 6.87. The van der Waals surface area contributed by atoms with Crippen LogP contribution in [0.25, 0.3) is 0 Å². The quantitative estimate of drug-likeness (QED) is 0.870. The van der Waals surface area contributed by atoms with E-state index in [1.165, 1.54) is 0 Å². The minimum atomic E-state index is -0.266. The standard InChI is InChI=1S/C16H21N3O3/c20-15-8-12(10-19(15)11-14-5-3-7-22-14)16(21)18-9-13-4-1-2-6-17-13/h1-2,4,6,12,14H,3,5,7-11H2,(H,18,21). The number of rotatable bonds is 5. The molecular weight excluding hydrogens is 282 g/mol. The summed E-state index contributed by atoms with van der Waals surface area (Å²) >= 11 is 0. The summed E-state index contributed by atoms with van der Waals surface area (Å²) in [4.78, 5) is 30.2. The largest absolute Gasteiger partial charge is 0.376 e. The van der Waals surface area contributed by atoms with E-state index in [0.29, 0.717) is 26.1 Å². The number of amides is 2. The molecule has 0 saturated carbocycles. The molecule has 0 bridgehead atoms. The Bertz CT molecular complexity index is 529. The van der Waals surface area contributed by atoms with E-state index in [2.05, 4.69) is 10.3 Å². The van der Waals surface area contributed by atoms with Gasteiger partial charge in [0.15, 0.2) is 0 Å². The molecule has 0 aliphatic carbocycles. The molecule has 2 amide bonds. The van der Waals surface area contributed by atoms with Gasteiger partial charge in [-0.15, -0.1) is 0 Å². The number of nitrogens with zero attached hydrogens (tertiary/aromatic N) is 2. The van der Waals surface area contributed by atoms with Crippen LogP contribution in [0.5, 0.6) is 0 Å². The Morgan fingerprint density at radius 2 is 2.36 bits per heavy atom. The van der Waals surface area contributed by atoms with Gasteiger partial charge in [0.2, 0.25) is 11.8 Å². The Kier molecular flexibility index (Phi) is 4.68. The second-order valence-electron chi connectivity index (χ2n) is 5.87. The van der Waals surface area contributed by atoms with Crippen LogP contribution in [0.4, 0.5) is 0 Å². The van der Waals surface area contributed by atoms with Gasteiger partial charge in [-0.2, -0.15) is 0 Å². The van der Waals surface area contributed by atoms with Gasteiger partial charge >= 0.3 is 0 Å². The van der Waals surface area contributed by atoms with E-state index in [4.69, 9.17) is 4.74 Å². The van der Waals surface area contributed by atoms with Gasteiger partial charge in [0.1, 0.15) is 0 Å². The topological polar surface area (TPSA) is 71.5 Å². The summed E-state index contributed by atoms with van der Waals surface area (Å²) in [5.74, 6) is -0.292. The third kappa shape index (κ3) is 3.62. The number of aromatic nitrogens is 1. The van der Waals surface area contributed by atoms with Crippen molar-refractivity contribution in [3.8, 4) is 0 Å². The lowest BCUT2D eigenvalue weighted by molar-refractivity contribution is -0.129. The van der Waals surface area contributed by atoms with E-state index >= 15 is 0 Å². The summed E-state index contributed by atoms with van der Waals surface area (Å²) in [6.45, 7) is 2.28. The van der Waals surface area contributed by atoms with Crippen LogP contribution in [0.2, 0.25) is 0 Å². The first kappa shape index (κ1) is 15.0. The Balaban J connectivity index is 1.48. The third-order valence-corrected chi connectivity index (χ3v) is 4.20. The maximum absolute atomic E-state index is 12.2. The zero-order valence-corrected chi connectivity index (χ0v) is 12.5. The summed E-state index contributed by atoms with van der Waals surface area (Å²) in [6, 6.07) is 5.59. The summed E-state index contributed by atoms with van der Waals surface area (Å²) in [5.41, 5.74) is 0.816. The van der Waals surface area contributed by atoms with Gasteiger partial charge in [-0.1, -0.05) is 6.07 Å². The third-order valence-electron chi connectivity index (χ3n) is 4.20. The number of ether oxygens (including phenoxy) is 1. The van der Waals surface area contributed by atoms with E-state index in [1.54, 1.807) is 11.1 Å². The van der Waals surface area contributed by atoms with Gasteiger partial charge in [-0.25, -0.2) is 0 Å². The van der Waals surface area contributed by atoms with Crippen molar-refractivity contribution in [2.45, 2.75) is 31.9 Å². The van der Waals surface area contributed by atoms with Gasteiger partial charge in [0.05, 0.1) is 24.3 Å². The smallest absolute Gasteiger partial charge is 0.225 e. The number of carbonyl (C=O) groups is 2. The molecule has 6 heteroatoms. The van der Waals surface area contributed by atoms with Crippen LogP contribution in [-0.4, -0.2) is 47.5 Å². The van der Waals surface area contributed by atoms with Crippen LogP contribution >= 0.6 is 0 Å². The first-order valence-electron chi connectivity index (χ1n) is 7.79. The lowest BCUT2D eigenvalue weighted by Crippen LogP contribution is -2.36. The van der Waals surface area contributed by atoms with Crippen LogP contribution in [0.3, 0.4) is 0 Å². The average molecular weight is 303 g/mol. The van der Waals surface area contributed by atoms with Gasteiger partial charge < -0.3 is 15.0 Å². The molecule has 0 spiro atoms. The molecule has 0 aromatic carbocycles. The summed E-state index contributed by atoms with van der Waals surface area (Å²) in [5, 5.41) is 2.86. The van der Waals surface area contributed by atoms with E-state index in [9.17, 15) is 9.59 Å². The number of hydrogen-bond donors (Lipinski definition) is 1. The molecule has 0 radical (unpaired) electrons. The average Bonchev–Trinajstić information content (AvgIpc) is 3.17. The van der Waals surface area contributed by atoms with E-state index < -0.39 is 0 Å². The summed E-state index contributed by atoms with van der Waals surface area (Å²) in [7, 11) is 0. The molecule has 1 aromatic heterocycles. The molecule has 2 aliphatic rings. The Labute approximate surface area is 129 Å². The normalized spacial score (nSPS) is 24.7. The molecule has 6 nitrogen and oxygen atoms in total. The number of pyridine rings is 1. The molecule has 2 fully saturated rings. The van der Waals surface area contributed by atoms with Crippen LogP contribution in [0.1, 0.15) is 25.0 Å². The van der Waals surface area contributed by atoms with Gasteiger partial charge in [0.25, 0.3) is 0 Å². The molecule has 2 saturated heterocycles. The lowest BCUT2D eigenvalue weighted by Gasteiger charge is -2.20. The molecule has 22 heavy (non-hydrogen) atoms.